The van der Waals surface area contributed by atoms with Crippen molar-refractivity contribution in [1.82, 2.24) is 4.90 Å². The molecule has 1 fully saturated rings. The highest BCUT2D eigenvalue weighted by atomic mass is 35.5. The van der Waals surface area contributed by atoms with E-state index >= 15 is 0 Å². The van der Waals surface area contributed by atoms with Crippen molar-refractivity contribution >= 4 is 29.1 Å². The van der Waals surface area contributed by atoms with Crippen LogP contribution in [0.1, 0.15) is 12.2 Å². The van der Waals surface area contributed by atoms with Gasteiger partial charge < -0.3 is 24.1 Å². The Morgan fingerprint density at radius 1 is 1.35 bits per heavy atom. The van der Waals surface area contributed by atoms with Gasteiger partial charge in [0.2, 0.25) is 11.8 Å². The second kappa shape index (κ2) is 7.70. The van der Waals surface area contributed by atoms with Crippen molar-refractivity contribution in [2.24, 2.45) is 5.92 Å². The summed E-state index contributed by atoms with van der Waals surface area (Å²) in [4.78, 5) is 26.4. The number of amides is 2. The lowest BCUT2D eigenvalue weighted by molar-refractivity contribution is -0.128. The summed E-state index contributed by atoms with van der Waals surface area (Å²) in [7, 11) is 2.97. The van der Waals surface area contributed by atoms with E-state index in [0.717, 1.165) is 0 Å². The lowest BCUT2D eigenvalue weighted by Crippen LogP contribution is -2.28. The third-order valence-electron chi connectivity index (χ3n) is 4.24. The van der Waals surface area contributed by atoms with Crippen LogP contribution >= 0.6 is 11.6 Å². The molecule has 2 aromatic rings. The Morgan fingerprint density at radius 2 is 2.12 bits per heavy atom. The van der Waals surface area contributed by atoms with Crippen molar-refractivity contribution < 1.29 is 23.5 Å². The molecule has 1 aromatic heterocycles. The molecule has 0 spiro atoms. The molecule has 0 radical (unpaired) electrons. The zero-order chi connectivity index (χ0) is 18.7. The normalized spacial score (nSPS) is 16.7. The number of ether oxygens (including phenoxy) is 2. The molecule has 7 nitrogen and oxygen atoms in total. The van der Waals surface area contributed by atoms with Gasteiger partial charge in [0.15, 0.2) is 0 Å². The number of nitrogens with zero attached hydrogens (tertiary/aromatic N) is 1. The van der Waals surface area contributed by atoms with Crippen LogP contribution in [0.3, 0.4) is 0 Å². The van der Waals surface area contributed by atoms with Crippen LogP contribution in [0.2, 0.25) is 5.02 Å². The van der Waals surface area contributed by atoms with Crippen LogP contribution in [0.25, 0.3) is 0 Å². The first-order valence-corrected chi connectivity index (χ1v) is 8.42. The van der Waals surface area contributed by atoms with E-state index in [1.54, 1.807) is 35.4 Å². The van der Waals surface area contributed by atoms with Crippen molar-refractivity contribution in [1.29, 1.82) is 0 Å². The first-order valence-electron chi connectivity index (χ1n) is 8.04. The summed E-state index contributed by atoms with van der Waals surface area (Å²) in [5, 5.41) is 3.18. The number of nitrogens with one attached hydrogen (secondary N) is 1. The van der Waals surface area contributed by atoms with Crippen molar-refractivity contribution in [2.45, 2.75) is 13.0 Å². The molecule has 2 amide bonds. The number of anilines is 1. The van der Waals surface area contributed by atoms with E-state index < -0.39 is 5.92 Å². The Morgan fingerprint density at radius 3 is 2.77 bits per heavy atom. The Hall–Kier alpha value is -2.67. The highest BCUT2D eigenvalue weighted by Crippen LogP contribution is 2.36. The summed E-state index contributed by atoms with van der Waals surface area (Å²) in [5.41, 5.74) is 0.440. The van der Waals surface area contributed by atoms with E-state index in [1.165, 1.54) is 14.2 Å². The van der Waals surface area contributed by atoms with Gasteiger partial charge in [0.05, 0.1) is 43.7 Å². The number of carbonyl (C=O) groups is 2. The van der Waals surface area contributed by atoms with Crippen molar-refractivity contribution in [3.63, 3.8) is 0 Å². The molecule has 0 saturated carbocycles. The van der Waals surface area contributed by atoms with E-state index in [9.17, 15) is 9.59 Å². The van der Waals surface area contributed by atoms with Gasteiger partial charge in [0.25, 0.3) is 0 Å². The molecule has 0 bridgehead atoms. The molecule has 138 valence electrons. The minimum absolute atomic E-state index is 0.0813. The monoisotopic (exact) mass is 378 g/mol. The third kappa shape index (κ3) is 3.77. The van der Waals surface area contributed by atoms with Gasteiger partial charge in [-0.1, -0.05) is 11.6 Å². The Labute approximate surface area is 155 Å². The molecule has 0 unspecified atom stereocenters. The molecule has 1 N–H and O–H groups in total. The fourth-order valence-corrected chi connectivity index (χ4v) is 3.12. The van der Waals surface area contributed by atoms with Crippen LogP contribution in [0.5, 0.6) is 11.5 Å². The maximum atomic E-state index is 12.6. The first kappa shape index (κ1) is 18.1. The van der Waals surface area contributed by atoms with E-state index in [-0.39, 0.29) is 18.2 Å². The fourth-order valence-electron chi connectivity index (χ4n) is 2.88. The standard InChI is InChI=1S/C18H19ClN2O5/c1-24-15-8-14(16(25-2)7-13(15)19)20-18(23)11-6-17(22)21(9-11)10-12-4-3-5-26-12/h3-5,7-8,11H,6,9-10H2,1-2H3,(H,20,23)/t11-/m1/s1. The number of carbonyl (C=O) groups excluding carboxylic acids is 2. The van der Waals surface area contributed by atoms with Crippen LogP contribution in [0.4, 0.5) is 5.69 Å². The van der Waals surface area contributed by atoms with Crippen LogP contribution in [0, 0.1) is 5.92 Å². The second-order valence-corrected chi connectivity index (χ2v) is 6.34. The van der Waals surface area contributed by atoms with Gasteiger partial charge in [-0.25, -0.2) is 0 Å². The SMILES string of the molecule is COc1cc(NC(=O)[C@@H]2CC(=O)N(Cc3ccco3)C2)c(OC)cc1Cl. The average molecular weight is 379 g/mol. The first-order chi connectivity index (χ1) is 12.5. The van der Waals surface area contributed by atoms with Gasteiger partial charge >= 0.3 is 0 Å². The Balaban J connectivity index is 1.70. The predicted molar refractivity (Wildman–Crippen MR) is 95.4 cm³/mol. The summed E-state index contributed by atoms with van der Waals surface area (Å²) in [5.74, 6) is 0.725. The quantitative estimate of drug-likeness (QED) is 0.835. The number of furan rings is 1. The van der Waals surface area contributed by atoms with E-state index in [4.69, 9.17) is 25.5 Å². The van der Waals surface area contributed by atoms with Gasteiger partial charge in [-0.3, -0.25) is 9.59 Å². The molecule has 8 heteroatoms. The zero-order valence-corrected chi connectivity index (χ0v) is 15.2. The van der Waals surface area contributed by atoms with Gasteiger partial charge in [-0.05, 0) is 12.1 Å². The van der Waals surface area contributed by atoms with Crippen molar-refractivity contribution in [3.8, 4) is 11.5 Å². The number of methoxy groups -OCH3 is 2. The molecule has 1 aliphatic rings. The highest BCUT2D eigenvalue weighted by molar-refractivity contribution is 6.32. The molecular weight excluding hydrogens is 360 g/mol. The van der Waals surface area contributed by atoms with Crippen molar-refractivity contribution in [3.05, 3.63) is 41.3 Å². The number of halogens is 1. The fraction of sp³-hybridized carbons (Fsp3) is 0.333. The maximum absolute atomic E-state index is 12.6. The average Bonchev–Trinajstić information content (AvgIpc) is 3.26. The number of hydrogen-bond acceptors (Lipinski definition) is 5. The summed E-state index contributed by atoms with van der Waals surface area (Å²) in [6.45, 7) is 0.687. The molecule has 0 aliphatic carbocycles. The summed E-state index contributed by atoms with van der Waals surface area (Å²) in [6, 6.07) is 6.72. The predicted octanol–water partition coefficient (Wildman–Crippen LogP) is 2.94. The molecule has 1 atom stereocenters. The van der Waals surface area contributed by atoms with Crippen LogP contribution in [0.15, 0.2) is 34.9 Å². The molecule has 2 heterocycles. The number of benzene rings is 1. The van der Waals surface area contributed by atoms with Crippen LogP contribution < -0.4 is 14.8 Å². The second-order valence-electron chi connectivity index (χ2n) is 5.93. The topological polar surface area (TPSA) is 81.0 Å². The smallest absolute Gasteiger partial charge is 0.229 e. The van der Waals surface area contributed by atoms with Gasteiger partial charge in [-0.2, -0.15) is 0 Å². The Bertz CT molecular complexity index is 806. The van der Waals surface area contributed by atoms with Crippen LogP contribution in [-0.2, 0) is 16.1 Å². The molecule has 3 rings (SSSR count). The van der Waals surface area contributed by atoms with Gasteiger partial charge in [0.1, 0.15) is 17.3 Å². The lowest BCUT2D eigenvalue weighted by Gasteiger charge is -2.16. The largest absolute Gasteiger partial charge is 0.495 e. The number of hydrogen-bond donors (Lipinski definition) is 1. The minimum atomic E-state index is -0.455. The molecule has 26 heavy (non-hydrogen) atoms. The Kier molecular flexibility index (Phi) is 5.37. The maximum Gasteiger partial charge on any atom is 0.229 e. The number of likely N-dealkylation sites (tertiary alicyclic amines) is 1. The van der Waals surface area contributed by atoms with E-state index in [2.05, 4.69) is 5.32 Å². The van der Waals surface area contributed by atoms with E-state index in [0.29, 0.717) is 41.1 Å². The third-order valence-corrected chi connectivity index (χ3v) is 4.54. The molecule has 1 aromatic carbocycles. The summed E-state index contributed by atoms with van der Waals surface area (Å²) < 4.78 is 15.7. The van der Waals surface area contributed by atoms with Gasteiger partial charge in [-0.15, -0.1) is 0 Å². The van der Waals surface area contributed by atoms with Crippen molar-refractivity contribution in [2.75, 3.05) is 26.1 Å². The zero-order valence-electron chi connectivity index (χ0n) is 14.5. The molecular formula is C18H19ClN2O5. The lowest BCUT2D eigenvalue weighted by atomic mass is 10.1. The summed E-state index contributed by atoms with van der Waals surface area (Å²) >= 11 is 6.07. The highest BCUT2D eigenvalue weighted by Gasteiger charge is 2.35. The van der Waals surface area contributed by atoms with Gasteiger partial charge in [0, 0.05) is 25.1 Å². The van der Waals surface area contributed by atoms with Crippen LogP contribution in [-0.4, -0.2) is 37.5 Å². The van der Waals surface area contributed by atoms with E-state index in [1.807, 2.05) is 0 Å². The summed E-state index contributed by atoms with van der Waals surface area (Å²) in [6.07, 6.45) is 1.71. The minimum Gasteiger partial charge on any atom is -0.495 e. The molecule has 1 aliphatic heterocycles. The number of rotatable bonds is 6. The molecule has 1 saturated heterocycles.